The van der Waals surface area contributed by atoms with E-state index in [1.807, 2.05) is 12.1 Å². The highest BCUT2D eigenvalue weighted by atomic mass is 19.1. The number of hydrogen-bond donors (Lipinski definition) is 3. The third kappa shape index (κ3) is 4.30. The van der Waals surface area contributed by atoms with Crippen LogP contribution in [0.1, 0.15) is 30.1 Å². The Balaban J connectivity index is 1.51. The van der Waals surface area contributed by atoms with Gasteiger partial charge in [0.25, 0.3) is 0 Å². The van der Waals surface area contributed by atoms with Crippen LogP contribution in [0.15, 0.2) is 42.5 Å². The van der Waals surface area contributed by atoms with Gasteiger partial charge in [0, 0.05) is 12.1 Å². The Morgan fingerprint density at radius 1 is 1.04 bits per heavy atom. The maximum Gasteiger partial charge on any atom is 0.163 e. The van der Waals surface area contributed by atoms with Crippen molar-refractivity contribution in [2.24, 2.45) is 5.92 Å². The molecule has 1 fully saturated rings. The number of hydrogen-bond acceptors (Lipinski definition) is 4. The van der Waals surface area contributed by atoms with E-state index in [9.17, 15) is 19.7 Å². The summed E-state index contributed by atoms with van der Waals surface area (Å²) in [5, 5.41) is 30.1. The van der Waals surface area contributed by atoms with E-state index in [4.69, 9.17) is 0 Å². The third-order valence-electron chi connectivity index (χ3n) is 5.07. The van der Waals surface area contributed by atoms with E-state index in [0.29, 0.717) is 5.56 Å². The molecule has 0 aliphatic carbocycles. The minimum atomic E-state index is -0.772. The van der Waals surface area contributed by atoms with Crippen LogP contribution < -0.4 is 0 Å². The topological polar surface area (TPSA) is 63.9 Å². The molecule has 25 heavy (non-hydrogen) atoms. The Morgan fingerprint density at radius 2 is 1.72 bits per heavy atom. The maximum atomic E-state index is 12.9. The van der Waals surface area contributed by atoms with E-state index >= 15 is 0 Å². The van der Waals surface area contributed by atoms with Crippen molar-refractivity contribution in [2.45, 2.75) is 25.4 Å². The fourth-order valence-corrected chi connectivity index (χ4v) is 3.47. The molecule has 5 heteroatoms. The van der Waals surface area contributed by atoms with Crippen molar-refractivity contribution >= 4 is 0 Å². The minimum Gasteiger partial charge on any atom is -0.504 e. The fourth-order valence-electron chi connectivity index (χ4n) is 3.47. The summed E-state index contributed by atoms with van der Waals surface area (Å²) < 4.78 is 12.9. The van der Waals surface area contributed by atoms with Gasteiger partial charge < -0.3 is 20.2 Å². The quantitative estimate of drug-likeness (QED) is 0.728. The summed E-state index contributed by atoms with van der Waals surface area (Å²) >= 11 is 0. The molecule has 1 heterocycles. The largest absolute Gasteiger partial charge is 0.504 e. The first kappa shape index (κ1) is 17.7. The number of nitrogens with zero attached hydrogens (tertiary/aromatic N) is 1. The van der Waals surface area contributed by atoms with Crippen LogP contribution in [-0.2, 0) is 6.42 Å². The maximum absolute atomic E-state index is 12.9. The SMILES string of the molecule is Oc1cccc([C@H](O)C2CCN(CCc3ccc(F)cc3)CC2)c1O. The molecule has 0 bridgehead atoms. The van der Waals surface area contributed by atoms with E-state index in [1.54, 1.807) is 12.1 Å². The summed E-state index contributed by atoms with van der Waals surface area (Å²) in [6.45, 7) is 2.66. The summed E-state index contributed by atoms with van der Waals surface area (Å²) in [5.41, 5.74) is 1.51. The first-order valence-electron chi connectivity index (χ1n) is 8.70. The first-order chi connectivity index (χ1) is 12.0. The predicted octanol–water partition coefficient (Wildman–Crippen LogP) is 3.23. The van der Waals surface area contributed by atoms with E-state index in [-0.39, 0.29) is 23.2 Å². The standard InChI is InChI=1S/C20H24FNO3/c21-16-6-4-14(5-7-16)8-11-22-12-9-15(10-13-22)19(24)17-2-1-3-18(23)20(17)25/h1-7,15,19,23-25H,8-13H2/t19-/m1/s1. The number of para-hydroxylation sites is 1. The van der Waals surface area contributed by atoms with Gasteiger partial charge in [-0.3, -0.25) is 0 Å². The highest BCUT2D eigenvalue weighted by Gasteiger charge is 2.28. The summed E-state index contributed by atoms with van der Waals surface area (Å²) in [4.78, 5) is 2.34. The van der Waals surface area contributed by atoms with Gasteiger partial charge in [-0.1, -0.05) is 24.3 Å². The summed E-state index contributed by atoms with van der Waals surface area (Å²) in [5.74, 6) is -0.578. The Labute approximate surface area is 147 Å². The number of aliphatic hydroxyl groups excluding tert-OH is 1. The molecular formula is C20H24FNO3. The number of rotatable bonds is 5. The van der Waals surface area contributed by atoms with Crippen LogP contribution in [0.4, 0.5) is 4.39 Å². The van der Waals surface area contributed by atoms with Crippen LogP contribution in [0.5, 0.6) is 11.5 Å². The molecule has 4 nitrogen and oxygen atoms in total. The fraction of sp³-hybridized carbons (Fsp3) is 0.400. The van der Waals surface area contributed by atoms with Gasteiger partial charge in [0.15, 0.2) is 11.5 Å². The molecule has 3 rings (SSSR count). The first-order valence-corrected chi connectivity index (χ1v) is 8.70. The molecule has 1 aliphatic rings. The predicted molar refractivity (Wildman–Crippen MR) is 94.0 cm³/mol. The summed E-state index contributed by atoms with van der Waals surface area (Å²) in [6.07, 6.45) is 1.77. The number of likely N-dealkylation sites (tertiary alicyclic amines) is 1. The number of benzene rings is 2. The Morgan fingerprint density at radius 3 is 2.40 bits per heavy atom. The normalized spacial score (nSPS) is 17.5. The molecule has 0 amide bonds. The van der Waals surface area contributed by atoms with Crippen molar-refractivity contribution < 1.29 is 19.7 Å². The molecule has 3 N–H and O–H groups in total. The second-order valence-corrected chi connectivity index (χ2v) is 6.72. The smallest absolute Gasteiger partial charge is 0.163 e. The Bertz CT molecular complexity index is 697. The minimum absolute atomic E-state index is 0.0646. The number of phenolic OH excluding ortho intramolecular Hbond substituents is 2. The van der Waals surface area contributed by atoms with Crippen LogP contribution in [0.3, 0.4) is 0 Å². The molecule has 1 saturated heterocycles. The second kappa shape index (κ2) is 7.85. The lowest BCUT2D eigenvalue weighted by molar-refractivity contribution is 0.0573. The highest BCUT2D eigenvalue weighted by Crippen LogP contribution is 2.38. The van der Waals surface area contributed by atoms with Crippen LogP contribution >= 0.6 is 0 Å². The van der Waals surface area contributed by atoms with Gasteiger partial charge >= 0.3 is 0 Å². The zero-order chi connectivity index (χ0) is 17.8. The Kier molecular flexibility index (Phi) is 5.56. The van der Waals surface area contributed by atoms with Gasteiger partial charge in [0.05, 0.1) is 6.10 Å². The van der Waals surface area contributed by atoms with Crippen molar-refractivity contribution in [3.05, 3.63) is 59.4 Å². The molecule has 1 aliphatic heterocycles. The van der Waals surface area contributed by atoms with Gasteiger partial charge in [0.2, 0.25) is 0 Å². The van der Waals surface area contributed by atoms with Crippen LogP contribution in [-0.4, -0.2) is 39.9 Å². The molecule has 0 aromatic heterocycles. The molecule has 0 spiro atoms. The lowest BCUT2D eigenvalue weighted by atomic mass is 9.87. The van der Waals surface area contributed by atoms with E-state index < -0.39 is 6.10 Å². The monoisotopic (exact) mass is 345 g/mol. The number of halogens is 1. The summed E-state index contributed by atoms with van der Waals surface area (Å²) in [6, 6.07) is 11.3. The number of piperidine rings is 1. The van der Waals surface area contributed by atoms with Gasteiger partial charge in [-0.05, 0) is 62.0 Å². The van der Waals surface area contributed by atoms with Crippen molar-refractivity contribution in [3.8, 4) is 11.5 Å². The number of phenols is 2. The van der Waals surface area contributed by atoms with Gasteiger partial charge in [0.1, 0.15) is 5.82 Å². The molecular weight excluding hydrogens is 321 g/mol. The van der Waals surface area contributed by atoms with Crippen LogP contribution in [0, 0.1) is 11.7 Å². The average Bonchev–Trinajstić information content (AvgIpc) is 2.63. The van der Waals surface area contributed by atoms with E-state index in [1.165, 1.54) is 18.2 Å². The zero-order valence-electron chi connectivity index (χ0n) is 14.1. The summed E-state index contributed by atoms with van der Waals surface area (Å²) in [7, 11) is 0. The second-order valence-electron chi connectivity index (χ2n) is 6.72. The van der Waals surface area contributed by atoms with E-state index in [0.717, 1.165) is 44.5 Å². The molecule has 2 aromatic carbocycles. The molecule has 134 valence electrons. The van der Waals surface area contributed by atoms with Crippen LogP contribution in [0.2, 0.25) is 0 Å². The average molecular weight is 345 g/mol. The lowest BCUT2D eigenvalue weighted by Gasteiger charge is -2.34. The van der Waals surface area contributed by atoms with Crippen molar-refractivity contribution in [1.29, 1.82) is 0 Å². The molecule has 2 aromatic rings. The zero-order valence-corrected chi connectivity index (χ0v) is 14.1. The van der Waals surface area contributed by atoms with Gasteiger partial charge in [-0.15, -0.1) is 0 Å². The van der Waals surface area contributed by atoms with Crippen molar-refractivity contribution in [3.63, 3.8) is 0 Å². The van der Waals surface area contributed by atoms with Crippen molar-refractivity contribution in [1.82, 2.24) is 4.90 Å². The lowest BCUT2D eigenvalue weighted by Crippen LogP contribution is -2.36. The van der Waals surface area contributed by atoms with Gasteiger partial charge in [-0.2, -0.15) is 0 Å². The Hall–Kier alpha value is -2.11. The van der Waals surface area contributed by atoms with Gasteiger partial charge in [-0.25, -0.2) is 4.39 Å². The molecule has 0 radical (unpaired) electrons. The molecule has 0 unspecified atom stereocenters. The highest BCUT2D eigenvalue weighted by molar-refractivity contribution is 5.45. The van der Waals surface area contributed by atoms with Crippen molar-refractivity contribution in [2.75, 3.05) is 19.6 Å². The van der Waals surface area contributed by atoms with Crippen LogP contribution in [0.25, 0.3) is 0 Å². The molecule has 0 saturated carbocycles. The van der Waals surface area contributed by atoms with E-state index in [2.05, 4.69) is 4.90 Å². The number of aliphatic hydroxyl groups is 1. The number of aromatic hydroxyl groups is 2. The third-order valence-corrected chi connectivity index (χ3v) is 5.07. The molecule has 1 atom stereocenters.